The SMILES string of the molecule is C1CN=C(NCCN2CCOCC2)NC1. The van der Waals surface area contributed by atoms with Gasteiger partial charge in [-0.1, -0.05) is 0 Å². The maximum atomic E-state index is 5.30. The number of nitrogens with one attached hydrogen (secondary N) is 2. The van der Waals surface area contributed by atoms with E-state index in [1.54, 1.807) is 0 Å². The number of rotatable bonds is 3. The van der Waals surface area contributed by atoms with Crippen LogP contribution in [0, 0.1) is 0 Å². The van der Waals surface area contributed by atoms with Gasteiger partial charge in [0.25, 0.3) is 0 Å². The predicted octanol–water partition coefficient (Wildman–Crippen LogP) is -0.742. The van der Waals surface area contributed by atoms with Crippen molar-refractivity contribution in [2.45, 2.75) is 6.42 Å². The van der Waals surface area contributed by atoms with E-state index in [1.165, 1.54) is 0 Å². The Morgan fingerprint density at radius 3 is 3.00 bits per heavy atom. The minimum atomic E-state index is 0.874. The van der Waals surface area contributed by atoms with E-state index in [0.717, 1.165) is 64.9 Å². The van der Waals surface area contributed by atoms with Crippen molar-refractivity contribution in [3.05, 3.63) is 0 Å². The fourth-order valence-corrected chi connectivity index (χ4v) is 1.81. The molecule has 2 heterocycles. The van der Waals surface area contributed by atoms with Crippen molar-refractivity contribution >= 4 is 5.96 Å². The first-order valence-electron chi connectivity index (χ1n) is 5.77. The summed E-state index contributed by atoms with van der Waals surface area (Å²) in [5.74, 6) is 0.967. The Morgan fingerprint density at radius 1 is 1.40 bits per heavy atom. The minimum absolute atomic E-state index is 0.874. The molecule has 0 aromatic rings. The molecule has 5 nitrogen and oxygen atoms in total. The normalized spacial score (nSPS) is 23.1. The van der Waals surface area contributed by atoms with Gasteiger partial charge in [0, 0.05) is 39.3 Å². The molecule has 2 aliphatic rings. The van der Waals surface area contributed by atoms with Gasteiger partial charge in [0.15, 0.2) is 5.96 Å². The number of hydrogen-bond donors (Lipinski definition) is 2. The fraction of sp³-hybridized carbons (Fsp3) is 0.900. The first-order valence-corrected chi connectivity index (χ1v) is 5.77. The van der Waals surface area contributed by atoms with E-state index in [9.17, 15) is 0 Å². The van der Waals surface area contributed by atoms with Crippen LogP contribution >= 0.6 is 0 Å². The molecule has 0 unspecified atom stereocenters. The molecule has 0 aliphatic carbocycles. The highest BCUT2D eigenvalue weighted by Crippen LogP contribution is 1.94. The Morgan fingerprint density at radius 2 is 2.27 bits per heavy atom. The van der Waals surface area contributed by atoms with Gasteiger partial charge >= 0.3 is 0 Å². The molecule has 0 saturated carbocycles. The highest BCUT2D eigenvalue weighted by molar-refractivity contribution is 5.80. The molecule has 0 aromatic carbocycles. The number of hydrogen-bond acceptors (Lipinski definition) is 5. The summed E-state index contributed by atoms with van der Waals surface area (Å²) in [6, 6.07) is 0. The van der Waals surface area contributed by atoms with Crippen LogP contribution in [0.5, 0.6) is 0 Å². The topological polar surface area (TPSA) is 48.9 Å². The van der Waals surface area contributed by atoms with E-state index in [2.05, 4.69) is 20.5 Å². The lowest BCUT2D eigenvalue weighted by molar-refractivity contribution is 0.0389. The van der Waals surface area contributed by atoms with Gasteiger partial charge in [-0.05, 0) is 6.42 Å². The summed E-state index contributed by atoms with van der Waals surface area (Å²) in [6.07, 6.45) is 1.15. The van der Waals surface area contributed by atoms with Gasteiger partial charge in [-0.15, -0.1) is 0 Å². The number of aliphatic imine (C=N–C) groups is 1. The average Bonchev–Trinajstić information content (AvgIpc) is 2.32. The summed E-state index contributed by atoms with van der Waals surface area (Å²) in [7, 11) is 0. The quantitative estimate of drug-likeness (QED) is 0.647. The summed E-state index contributed by atoms with van der Waals surface area (Å²) in [5.41, 5.74) is 0. The third kappa shape index (κ3) is 3.68. The van der Waals surface area contributed by atoms with Crippen molar-refractivity contribution in [1.82, 2.24) is 15.5 Å². The molecule has 0 amide bonds. The van der Waals surface area contributed by atoms with Crippen LogP contribution in [0.1, 0.15) is 6.42 Å². The zero-order valence-corrected chi connectivity index (χ0v) is 9.17. The molecule has 1 saturated heterocycles. The summed E-state index contributed by atoms with van der Waals surface area (Å²) < 4.78 is 5.30. The summed E-state index contributed by atoms with van der Waals surface area (Å²) in [4.78, 5) is 6.78. The maximum Gasteiger partial charge on any atom is 0.191 e. The second kappa shape index (κ2) is 5.92. The lowest BCUT2D eigenvalue weighted by atomic mass is 10.4. The van der Waals surface area contributed by atoms with E-state index in [0.29, 0.717) is 0 Å². The molecule has 5 heteroatoms. The molecular formula is C10H20N4O. The van der Waals surface area contributed by atoms with Crippen molar-refractivity contribution in [2.24, 2.45) is 4.99 Å². The van der Waals surface area contributed by atoms with Crippen molar-refractivity contribution in [3.8, 4) is 0 Å². The summed E-state index contributed by atoms with van der Waals surface area (Å²) >= 11 is 0. The van der Waals surface area contributed by atoms with Crippen LogP contribution in [0.4, 0.5) is 0 Å². The maximum absolute atomic E-state index is 5.30. The van der Waals surface area contributed by atoms with Crippen LogP contribution in [0.2, 0.25) is 0 Å². The Kier molecular flexibility index (Phi) is 4.23. The molecule has 86 valence electrons. The van der Waals surface area contributed by atoms with Crippen molar-refractivity contribution < 1.29 is 4.74 Å². The molecule has 15 heavy (non-hydrogen) atoms. The average molecular weight is 212 g/mol. The predicted molar refractivity (Wildman–Crippen MR) is 60.2 cm³/mol. The second-order valence-electron chi connectivity index (χ2n) is 3.89. The minimum Gasteiger partial charge on any atom is -0.379 e. The lowest BCUT2D eigenvalue weighted by Crippen LogP contribution is -2.45. The number of nitrogens with zero attached hydrogens (tertiary/aromatic N) is 2. The number of morpholine rings is 1. The lowest BCUT2D eigenvalue weighted by Gasteiger charge is -2.27. The van der Waals surface area contributed by atoms with Gasteiger partial charge in [0.05, 0.1) is 13.2 Å². The first kappa shape index (κ1) is 10.7. The Balaban J connectivity index is 1.59. The van der Waals surface area contributed by atoms with E-state index >= 15 is 0 Å². The Hall–Kier alpha value is -0.810. The zero-order chi connectivity index (χ0) is 10.3. The second-order valence-corrected chi connectivity index (χ2v) is 3.89. The Bertz CT molecular complexity index is 213. The highest BCUT2D eigenvalue weighted by Gasteiger charge is 2.09. The summed E-state index contributed by atoms with van der Waals surface area (Å²) in [6.45, 7) is 7.90. The number of ether oxygens (including phenoxy) is 1. The molecule has 0 spiro atoms. The molecule has 0 aromatic heterocycles. The van der Waals surface area contributed by atoms with Crippen LogP contribution in [-0.4, -0.2) is 63.3 Å². The molecule has 2 aliphatic heterocycles. The van der Waals surface area contributed by atoms with E-state index in [1.807, 2.05) is 0 Å². The molecule has 0 atom stereocenters. The van der Waals surface area contributed by atoms with Crippen LogP contribution in [-0.2, 0) is 4.74 Å². The van der Waals surface area contributed by atoms with E-state index in [-0.39, 0.29) is 0 Å². The monoisotopic (exact) mass is 212 g/mol. The van der Waals surface area contributed by atoms with E-state index in [4.69, 9.17) is 4.74 Å². The third-order valence-corrected chi connectivity index (χ3v) is 2.72. The first-order chi connectivity index (χ1) is 7.45. The van der Waals surface area contributed by atoms with E-state index < -0.39 is 0 Å². The van der Waals surface area contributed by atoms with Crippen LogP contribution < -0.4 is 10.6 Å². The van der Waals surface area contributed by atoms with Crippen LogP contribution in [0.15, 0.2) is 4.99 Å². The van der Waals surface area contributed by atoms with Crippen molar-refractivity contribution in [1.29, 1.82) is 0 Å². The van der Waals surface area contributed by atoms with Gasteiger partial charge in [-0.3, -0.25) is 9.89 Å². The molecule has 1 fully saturated rings. The molecular weight excluding hydrogens is 192 g/mol. The van der Waals surface area contributed by atoms with Gasteiger partial charge < -0.3 is 15.4 Å². The standard InChI is InChI=1S/C10H20N4O/c1-2-11-10(12-3-1)13-4-5-14-6-8-15-9-7-14/h1-9H2,(H2,11,12,13). The van der Waals surface area contributed by atoms with Gasteiger partial charge in [-0.25, -0.2) is 0 Å². The molecule has 0 radical (unpaired) electrons. The van der Waals surface area contributed by atoms with Crippen LogP contribution in [0.25, 0.3) is 0 Å². The molecule has 0 bridgehead atoms. The van der Waals surface area contributed by atoms with Gasteiger partial charge in [-0.2, -0.15) is 0 Å². The van der Waals surface area contributed by atoms with Crippen LogP contribution in [0.3, 0.4) is 0 Å². The van der Waals surface area contributed by atoms with Gasteiger partial charge in [0.2, 0.25) is 0 Å². The summed E-state index contributed by atoms with van der Waals surface area (Å²) in [5, 5.41) is 6.58. The third-order valence-electron chi connectivity index (χ3n) is 2.72. The largest absolute Gasteiger partial charge is 0.379 e. The number of guanidine groups is 1. The van der Waals surface area contributed by atoms with Gasteiger partial charge in [0.1, 0.15) is 0 Å². The molecule has 2 N–H and O–H groups in total. The molecule has 2 rings (SSSR count). The zero-order valence-electron chi connectivity index (χ0n) is 9.17. The fourth-order valence-electron chi connectivity index (χ4n) is 1.81. The Labute approximate surface area is 90.9 Å². The van der Waals surface area contributed by atoms with Crippen molar-refractivity contribution in [2.75, 3.05) is 52.5 Å². The smallest absolute Gasteiger partial charge is 0.191 e. The highest BCUT2D eigenvalue weighted by atomic mass is 16.5. The van der Waals surface area contributed by atoms with Crippen molar-refractivity contribution in [3.63, 3.8) is 0 Å².